The van der Waals surface area contributed by atoms with E-state index in [1.165, 1.54) is 29.4 Å². The number of urea groups is 1. The van der Waals surface area contributed by atoms with Gasteiger partial charge < -0.3 is 25.0 Å². The Balaban J connectivity index is 1.32. The van der Waals surface area contributed by atoms with Gasteiger partial charge in [-0.15, -0.1) is 11.3 Å². The van der Waals surface area contributed by atoms with E-state index in [-0.39, 0.29) is 19.0 Å². The van der Waals surface area contributed by atoms with Gasteiger partial charge in [-0.2, -0.15) is 0 Å². The van der Waals surface area contributed by atoms with Crippen molar-refractivity contribution in [3.8, 4) is 11.5 Å². The van der Waals surface area contributed by atoms with E-state index in [2.05, 4.69) is 22.2 Å². The summed E-state index contributed by atoms with van der Waals surface area (Å²) in [5.74, 6) is 1.14. The maximum atomic E-state index is 13.5. The Labute approximate surface area is 239 Å². The van der Waals surface area contributed by atoms with Gasteiger partial charge in [-0.05, 0) is 55.0 Å². The number of anilines is 3. The van der Waals surface area contributed by atoms with Crippen molar-refractivity contribution in [3.05, 3.63) is 95.3 Å². The Morgan fingerprint density at radius 2 is 1.90 bits per heavy atom. The number of carbonyl (C=O) groups excluding carboxylic acids is 3. The molecule has 2 aromatic heterocycles. The molecule has 0 bridgehead atoms. The van der Waals surface area contributed by atoms with Gasteiger partial charge in [0.15, 0.2) is 0 Å². The van der Waals surface area contributed by atoms with Crippen LogP contribution in [0.2, 0.25) is 0 Å². The van der Waals surface area contributed by atoms with Crippen molar-refractivity contribution in [1.82, 2.24) is 15.2 Å². The van der Waals surface area contributed by atoms with E-state index in [9.17, 15) is 14.4 Å². The lowest BCUT2D eigenvalue weighted by Crippen LogP contribution is -2.35. The highest BCUT2D eigenvalue weighted by Gasteiger charge is 2.34. The van der Waals surface area contributed by atoms with Crippen LogP contribution in [0, 0.1) is 6.92 Å². The molecule has 41 heavy (non-hydrogen) atoms. The van der Waals surface area contributed by atoms with Gasteiger partial charge in [0.2, 0.25) is 5.91 Å². The van der Waals surface area contributed by atoms with Crippen molar-refractivity contribution in [2.75, 3.05) is 30.4 Å². The third-order valence-electron chi connectivity index (χ3n) is 6.86. The summed E-state index contributed by atoms with van der Waals surface area (Å²) in [6.45, 7) is 5.82. The van der Waals surface area contributed by atoms with E-state index in [0.717, 1.165) is 5.56 Å². The number of pyridine rings is 1. The molecule has 11 heteroatoms. The maximum Gasteiger partial charge on any atom is 0.331 e. The Kier molecular flexibility index (Phi) is 6.64. The average Bonchev–Trinajstić information content (AvgIpc) is 3.56. The highest BCUT2D eigenvalue weighted by molar-refractivity contribution is 7.21. The minimum Gasteiger partial charge on any atom is -0.497 e. The number of benzene rings is 2. The standard InChI is InChI=1S/C30H25N5O5S/c1-4-24(36)34-15-20(23(16-34)39-3)32-28(37)27-26-25-22(12-13-31-29(25)41-27)35(30(38)33-26)21-11-10-19(14-17(21)2)40-18-8-6-5-7-9-18/h4-14H,1,15-16H2,2-3H3,(H,32,37)(H,33,38). The van der Waals surface area contributed by atoms with Crippen LogP contribution in [-0.4, -0.2) is 47.9 Å². The number of hydrogen-bond acceptors (Lipinski definition) is 7. The zero-order chi connectivity index (χ0) is 28.7. The Morgan fingerprint density at radius 3 is 2.63 bits per heavy atom. The zero-order valence-corrected chi connectivity index (χ0v) is 23.1. The maximum absolute atomic E-state index is 13.5. The molecule has 0 fully saturated rings. The van der Waals surface area contributed by atoms with Gasteiger partial charge in [0.05, 0.1) is 48.3 Å². The monoisotopic (exact) mass is 567 g/mol. The SMILES string of the molecule is C=CC(=O)N1CC(NC(=O)c2sc3nccc4c3c2NC(=O)N4c2ccc(Oc3ccccc3)cc2C)=C(OC)C1. The minimum absolute atomic E-state index is 0.174. The lowest BCUT2D eigenvalue weighted by atomic mass is 10.1. The smallest absolute Gasteiger partial charge is 0.331 e. The zero-order valence-electron chi connectivity index (χ0n) is 22.3. The summed E-state index contributed by atoms with van der Waals surface area (Å²) in [7, 11) is 1.49. The molecule has 0 aliphatic carbocycles. The number of thiophene rings is 1. The molecule has 2 aromatic carbocycles. The molecule has 4 aromatic rings. The summed E-state index contributed by atoms with van der Waals surface area (Å²) in [6.07, 6.45) is 2.84. The van der Waals surface area contributed by atoms with Crippen molar-refractivity contribution in [3.63, 3.8) is 0 Å². The quantitative estimate of drug-likeness (QED) is 0.277. The molecule has 0 saturated carbocycles. The van der Waals surface area contributed by atoms with Gasteiger partial charge in [-0.1, -0.05) is 24.8 Å². The molecular weight excluding hydrogens is 542 g/mol. The Bertz CT molecular complexity index is 1760. The molecule has 0 saturated heterocycles. The van der Waals surface area contributed by atoms with Crippen LogP contribution in [0.1, 0.15) is 15.2 Å². The van der Waals surface area contributed by atoms with Crippen LogP contribution >= 0.6 is 11.3 Å². The fourth-order valence-corrected chi connectivity index (χ4v) is 5.94. The van der Waals surface area contributed by atoms with Crippen molar-refractivity contribution < 1.29 is 23.9 Å². The highest BCUT2D eigenvalue weighted by atomic mass is 32.1. The first kappa shape index (κ1) is 26.1. The van der Waals surface area contributed by atoms with Crippen LogP contribution < -0.4 is 20.3 Å². The predicted octanol–water partition coefficient (Wildman–Crippen LogP) is 5.70. The number of aryl methyl sites for hydroxylation is 1. The highest BCUT2D eigenvalue weighted by Crippen LogP contribution is 2.46. The molecule has 206 valence electrons. The second-order valence-electron chi connectivity index (χ2n) is 9.40. The average molecular weight is 568 g/mol. The molecule has 2 aliphatic rings. The number of nitrogens with one attached hydrogen (secondary N) is 2. The number of carbonyl (C=O) groups is 3. The van der Waals surface area contributed by atoms with E-state index < -0.39 is 11.9 Å². The van der Waals surface area contributed by atoms with E-state index in [4.69, 9.17) is 9.47 Å². The topological polar surface area (TPSA) is 113 Å². The normalized spacial score (nSPS) is 14.2. The van der Waals surface area contributed by atoms with Crippen molar-refractivity contribution in [2.24, 2.45) is 0 Å². The molecular formula is C30H25N5O5S. The van der Waals surface area contributed by atoms with E-state index in [1.807, 2.05) is 55.5 Å². The fourth-order valence-electron chi connectivity index (χ4n) is 4.93. The summed E-state index contributed by atoms with van der Waals surface area (Å²) in [5.41, 5.74) is 2.98. The van der Waals surface area contributed by atoms with Crippen LogP contribution in [0.3, 0.4) is 0 Å². The number of aromatic nitrogens is 1. The lowest BCUT2D eigenvalue weighted by Gasteiger charge is -2.29. The Hall–Kier alpha value is -5.16. The first-order chi connectivity index (χ1) is 19.9. The Morgan fingerprint density at radius 1 is 1.10 bits per heavy atom. The fraction of sp³-hybridized carbons (Fsp3) is 0.133. The summed E-state index contributed by atoms with van der Waals surface area (Å²) in [4.78, 5) is 47.6. The van der Waals surface area contributed by atoms with Crippen LogP contribution in [0.4, 0.5) is 21.9 Å². The minimum atomic E-state index is -0.432. The summed E-state index contributed by atoms with van der Waals surface area (Å²) >= 11 is 1.18. The van der Waals surface area contributed by atoms with Crippen LogP contribution in [-0.2, 0) is 9.53 Å². The van der Waals surface area contributed by atoms with Gasteiger partial charge in [-0.3, -0.25) is 14.5 Å². The lowest BCUT2D eigenvalue weighted by molar-refractivity contribution is -0.125. The predicted molar refractivity (Wildman–Crippen MR) is 157 cm³/mol. The molecule has 4 amide bonds. The van der Waals surface area contributed by atoms with E-state index in [1.54, 1.807) is 17.2 Å². The molecule has 10 nitrogen and oxygen atoms in total. The van der Waals surface area contributed by atoms with Crippen LogP contribution in [0.25, 0.3) is 10.2 Å². The van der Waals surface area contributed by atoms with Crippen molar-refractivity contribution in [2.45, 2.75) is 6.92 Å². The first-order valence-electron chi connectivity index (χ1n) is 12.7. The van der Waals surface area contributed by atoms with Gasteiger partial charge in [0.1, 0.15) is 27.0 Å². The molecule has 4 heterocycles. The molecule has 6 rings (SSSR count). The summed E-state index contributed by atoms with van der Waals surface area (Å²) in [5, 5.41) is 6.45. The second kappa shape index (κ2) is 10.4. The summed E-state index contributed by atoms with van der Waals surface area (Å²) < 4.78 is 11.4. The molecule has 2 aliphatic heterocycles. The van der Waals surface area contributed by atoms with Crippen molar-refractivity contribution in [1.29, 1.82) is 0 Å². The third-order valence-corrected chi connectivity index (χ3v) is 7.95. The third kappa shape index (κ3) is 4.66. The number of hydrogen-bond donors (Lipinski definition) is 2. The number of methoxy groups -OCH3 is 1. The number of rotatable bonds is 7. The van der Waals surface area contributed by atoms with Gasteiger partial charge >= 0.3 is 6.03 Å². The van der Waals surface area contributed by atoms with Gasteiger partial charge in [0, 0.05) is 6.20 Å². The second-order valence-corrected chi connectivity index (χ2v) is 10.4. The first-order valence-corrected chi connectivity index (χ1v) is 13.5. The van der Waals surface area contributed by atoms with Crippen LogP contribution in [0.15, 0.2) is 84.9 Å². The molecule has 2 N–H and O–H groups in total. The largest absolute Gasteiger partial charge is 0.497 e. The number of nitrogens with zero attached hydrogens (tertiary/aromatic N) is 3. The molecule has 0 radical (unpaired) electrons. The summed E-state index contributed by atoms with van der Waals surface area (Å²) in [6, 6.07) is 16.3. The van der Waals surface area contributed by atoms with Gasteiger partial charge in [0.25, 0.3) is 5.91 Å². The van der Waals surface area contributed by atoms with Gasteiger partial charge in [-0.25, -0.2) is 9.78 Å². The van der Waals surface area contributed by atoms with Crippen molar-refractivity contribution >= 4 is 56.5 Å². The number of ether oxygens (including phenoxy) is 2. The molecule has 0 atom stereocenters. The van der Waals surface area contributed by atoms with Crippen LogP contribution in [0.5, 0.6) is 11.5 Å². The molecule has 0 spiro atoms. The number of para-hydroxylation sites is 1. The number of amides is 4. The van der Waals surface area contributed by atoms with E-state index in [0.29, 0.717) is 55.1 Å². The molecule has 0 unspecified atom stereocenters. The van der Waals surface area contributed by atoms with E-state index >= 15 is 0 Å².